The fourth-order valence-corrected chi connectivity index (χ4v) is 3.22. The van der Waals surface area contributed by atoms with Gasteiger partial charge in [-0.1, -0.05) is 35.9 Å². The van der Waals surface area contributed by atoms with E-state index in [1.807, 2.05) is 62.4 Å². The molecule has 5 heteroatoms. The normalized spacial score (nSPS) is 10.7. The highest BCUT2D eigenvalue weighted by Crippen LogP contribution is 2.29. The van der Waals surface area contributed by atoms with Gasteiger partial charge in [-0.05, 0) is 67.4 Å². The van der Waals surface area contributed by atoms with E-state index in [2.05, 4.69) is 10.3 Å². The van der Waals surface area contributed by atoms with Crippen molar-refractivity contribution in [2.24, 2.45) is 0 Å². The number of hydrogen-bond donors (Lipinski definition) is 1. The fourth-order valence-electron chi connectivity index (χ4n) is 3.09. The van der Waals surface area contributed by atoms with Crippen molar-refractivity contribution in [3.63, 3.8) is 0 Å². The molecule has 1 aromatic heterocycles. The number of rotatable bonds is 4. The van der Waals surface area contributed by atoms with E-state index in [-0.39, 0.29) is 5.91 Å². The van der Waals surface area contributed by atoms with Crippen molar-refractivity contribution in [3.8, 4) is 22.8 Å². The van der Waals surface area contributed by atoms with Gasteiger partial charge in [0.05, 0.1) is 11.8 Å². The lowest BCUT2D eigenvalue weighted by Crippen LogP contribution is -2.14. The van der Waals surface area contributed by atoms with Gasteiger partial charge in [-0.3, -0.25) is 4.79 Å². The first kappa shape index (κ1) is 19.0. The number of hydrogen-bond acceptors (Lipinski definition) is 3. The molecular weight excluding hydrogens is 384 g/mol. The van der Waals surface area contributed by atoms with Gasteiger partial charge >= 0.3 is 0 Å². The van der Waals surface area contributed by atoms with Crippen molar-refractivity contribution in [2.45, 2.75) is 13.8 Å². The Morgan fingerprint density at radius 3 is 2.52 bits per heavy atom. The molecule has 0 radical (unpaired) electrons. The van der Waals surface area contributed by atoms with Crippen LogP contribution in [0, 0.1) is 13.8 Å². The monoisotopic (exact) mass is 402 g/mol. The van der Waals surface area contributed by atoms with Crippen molar-refractivity contribution in [2.75, 3.05) is 5.32 Å². The molecule has 1 amide bonds. The Hall–Kier alpha value is -3.37. The minimum atomic E-state index is -0.208. The summed E-state index contributed by atoms with van der Waals surface area (Å²) in [6.07, 6.45) is 1.65. The molecule has 0 unspecified atom stereocenters. The summed E-state index contributed by atoms with van der Waals surface area (Å²) in [5.41, 5.74) is 4.95. The van der Waals surface area contributed by atoms with Gasteiger partial charge in [0.1, 0.15) is 0 Å². The van der Waals surface area contributed by atoms with Gasteiger partial charge < -0.3 is 9.73 Å². The number of halogens is 1. The number of anilines is 1. The van der Waals surface area contributed by atoms with Crippen LogP contribution in [0.25, 0.3) is 22.8 Å². The number of nitrogens with zero attached hydrogens (tertiary/aromatic N) is 1. The summed E-state index contributed by atoms with van der Waals surface area (Å²) in [6, 6.07) is 20.4. The van der Waals surface area contributed by atoms with Crippen LogP contribution in [0.3, 0.4) is 0 Å². The number of benzene rings is 3. The van der Waals surface area contributed by atoms with E-state index in [0.29, 0.717) is 27.8 Å². The second-order valence-electron chi connectivity index (χ2n) is 6.78. The van der Waals surface area contributed by atoms with E-state index in [4.69, 9.17) is 16.0 Å². The maximum atomic E-state index is 13.0. The second kappa shape index (κ2) is 7.94. The zero-order chi connectivity index (χ0) is 20.4. The van der Waals surface area contributed by atoms with Crippen LogP contribution in [-0.4, -0.2) is 10.9 Å². The molecule has 4 nitrogen and oxygen atoms in total. The van der Waals surface area contributed by atoms with E-state index < -0.39 is 0 Å². The van der Waals surface area contributed by atoms with Gasteiger partial charge in [0, 0.05) is 21.8 Å². The van der Waals surface area contributed by atoms with Crippen molar-refractivity contribution in [1.82, 2.24) is 4.98 Å². The third-order valence-corrected chi connectivity index (χ3v) is 5.14. The van der Waals surface area contributed by atoms with E-state index in [0.717, 1.165) is 22.4 Å². The van der Waals surface area contributed by atoms with Crippen LogP contribution >= 0.6 is 11.6 Å². The number of nitrogens with one attached hydrogen (secondary N) is 1. The van der Waals surface area contributed by atoms with Gasteiger partial charge in [-0.15, -0.1) is 0 Å². The molecule has 1 heterocycles. The Kier molecular flexibility index (Phi) is 5.19. The van der Waals surface area contributed by atoms with Crippen LogP contribution in [0.15, 0.2) is 77.3 Å². The lowest BCUT2D eigenvalue weighted by Gasteiger charge is -2.12. The second-order valence-corrected chi connectivity index (χ2v) is 7.22. The Bertz CT molecular complexity index is 1180. The summed E-state index contributed by atoms with van der Waals surface area (Å²) in [5.74, 6) is 0.795. The zero-order valence-electron chi connectivity index (χ0n) is 16.1. The Balaban J connectivity index is 1.66. The molecule has 0 fully saturated rings. The number of aryl methyl sites for hydroxylation is 1. The Morgan fingerprint density at radius 1 is 0.966 bits per heavy atom. The van der Waals surface area contributed by atoms with Gasteiger partial charge in [0.15, 0.2) is 5.76 Å². The molecule has 0 saturated carbocycles. The Labute approximate surface area is 174 Å². The van der Waals surface area contributed by atoms with Gasteiger partial charge in [0.25, 0.3) is 5.91 Å². The third-order valence-electron chi connectivity index (χ3n) is 4.89. The van der Waals surface area contributed by atoms with Gasteiger partial charge in [-0.25, -0.2) is 4.98 Å². The van der Waals surface area contributed by atoms with Crippen LogP contribution < -0.4 is 5.32 Å². The average Bonchev–Trinajstić information content (AvgIpc) is 3.22. The molecule has 0 aliphatic rings. The first-order valence-corrected chi connectivity index (χ1v) is 9.59. The first-order valence-electron chi connectivity index (χ1n) is 9.21. The molecule has 0 saturated heterocycles. The quantitative estimate of drug-likeness (QED) is 0.422. The molecular formula is C24H19ClN2O2. The molecule has 0 bridgehead atoms. The molecule has 0 atom stereocenters. The molecule has 0 aliphatic carbocycles. The highest BCUT2D eigenvalue weighted by molar-refractivity contribution is 6.30. The lowest BCUT2D eigenvalue weighted by molar-refractivity contribution is 0.102. The zero-order valence-corrected chi connectivity index (χ0v) is 16.8. The van der Waals surface area contributed by atoms with E-state index in [1.165, 1.54) is 0 Å². The number of amides is 1. The summed E-state index contributed by atoms with van der Waals surface area (Å²) < 4.78 is 5.95. The van der Waals surface area contributed by atoms with E-state index >= 15 is 0 Å². The highest BCUT2D eigenvalue weighted by Gasteiger charge is 2.17. The maximum absolute atomic E-state index is 13.0. The first-order chi connectivity index (χ1) is 14.0. The summed E-state index contributed by atoms with van der Waals surface area (Å²) in [6.45, 7) is 4.01. The number of oxazole rings is 1. The third kappa shape index (κ3) is 3.93. The predicted molar refractivity (Wildman–Crippen MR) is 116 cm³/mol. The molecule has 3 aromatic carbocycles. The topological polar surface area (TPSA) is 55.1 Å². The van der Waals surface area contributed by atoms with Crippen molar-refractivity contribution >= 4 is 23.2 Å². The van der Waals surface area contributed by atoms with Crippen LogP contribution in [0.1, 0.15) is 21.5 Å². The predicted octanol–water partition coefficient (Wildman–Crippen LogP) is 6.53. The van der Waals surface area contributed by atoms with Crippen LogP contribution in [0.4, 0.5) is 5.69 Å². The molecule has 144 valence electrons. The molecule has 1 N–H and O–H groups in total. The van der Waals surface area contributed by atoms with Crippen LogP contribution in [0.2, 0.25) is 5.02 Å². The molecule has 29 heavy (non-hydrogen) atoms. The SMILES string of the molecule is Cc1cccc(NC(=O)c2ccccc2-c2ncc(-c3ccc(Cl)cc3)o2)c1C. The standard InChI is InChI=1S/C24H19ClN2O2/c1-15-6-5-9-21(16(15)2)27-23(28)19-7-3-4-8-20(19)24-26-14-22(29-24)17-10-12-18(25)13-11-17/h3-14H,1-2H3,(H,27,28). The van der Waals surface area contributed by atoms with E-state index in [9.17, 15) is 4.79 Å². The van der Waals surface area contributed by atoms with Gasteiger partial charge in [-0.2, -0.15) is 0 Å². The van der Waals surface area contributed by atoms with Crippen molar-refractivity contribution in [3.05, 3.63) is 94.6 Å². The van der Waals surface area contributed by atoms with Gasteiger partial charge in [0.2, 0.25) is 5.89 Å². The highest BCUT2D eigenvalue weighted by atomic mass is 35.5. The molecule has 0 aliphatic heterocycles. The summed E-state index contributed by atoms with van der Waals surface area (Å²) in [5, 5.41) is 3.65. The van der Waals surface area contributed by atoms with Crippen LogP contribution in [0.5, 0.6) is 0 Å². The summed E-state index contributed by atoms with van der Waals surface area (Å²) >= 11 is 5.95. The lowest BCUT2D eigenvalue weighted by atomic mass is 10.1. The summed E-state index contributed by atoms with van der Waals surface area (Å²) in [7, 11) is 0. The minimum Gasteiger partial charge on any atom is -0.436 e. The number of carbonyl (C=O) groups excluding carboxylic acids is 1. The fraction of sp³-hybridized carbons (Fsp3) is 0.0833. The Morgan fingerprint density at radius 2 is 1.72 bits per heavy atom. The number of aromatic nitrogens is 1. The van der Waals surface area contributed by atoms with Crippen LogP contribution in [-0.2, 0) is 0 Å². The van der Waals surface area contributed by atoms with E-state index in [1.54, 1.807) is 24.4 Å². The largest absolute Gasteiger partial charge is 0.436 e. The number of carbonyl (C=O) groups is 1. The maximum Gasteiger partial charge on any atom is 0.256 e. The molecule has 0 spiro atoms. The van der Waals surface area contributed by atoms with Crippen molar-refractivity contribution in [1.29, 1.82) is 0 Å². The summed E-state index contributed by atoms with van der Waals surface area (Å²) in [4.78, 5) is 17.4. The molecule has 4 rings (SSSR count). The minimum absolute atomic E-state index is 0.208. The average molecular weight is 403 g/mol. The molecule has 4 aromatic rings. The smallest absolute Gasteiger partial charge is 0.256 e. The van der Waals surface area contributed by atoms with Crippen molar-refractivity contribution < 1.29 is 9.21 Å².